The van der Waals surface area contributed by atoms with Gasteiger partial charge in [-0.15, -0.1) is 0 Å². The molecule has 0 aliphatic carbocycles. The summed E-state index contributed by atoms with van der Waals surface area (Å²) >= 11 is 0. The zero-order valence-corrected chi connectivity index (χ0v) is 15.6. The minimum atomic E-state index is 0.00157. The molecule has 0 radical (unpaired) electrons. The molecular weight excluding hydrogens is 326 g/mol. The molecule has 1 fully saturated rings. The van der Waals surface area contributed by atoms with Crippen molar-refractivity contribution in [3.05, 3.63) is 53.5 Å². The molecule has 0 unspecified atom stereocenters. The molecule has 2 aromatic rings. The largest absolute Gasteiger partial charge is 0.354 e. The lowest BCUT2D eigenvalue weighted by atomic mass is 10.1. The van der Waals surface area contributed by atoms with E-state index >= 15 is 0 Å². The number of benzene rings is 1. The molecule has 138 valence electrons. The van der Waals surface area contributed by atoms with Gasteiger partial charge in [-0.1, -0.05) is 31.2 Å². The lowest BCUT2D eigenvalue weighted by Crippen LogP contribution is -2.46. The van der Waals surface area contributed by atoms with Gasteiger partial charge in [0.25, 0.3) is 0 Å². The van der Waals surface area contributed by atoms with Gasteiger partial charge in [0, 0.05) is 58.0 Å². The molecule has 0 saturated carbocycles. The van der Waals surface area contributed by atoms with Gasteiger partial charge < -0.3 is 10.2 Å². The molecule has 3 rings (SSSR count). The van der Waals surface area contributed by atoms with Crippen LogP contribution in [-0.4, -0.2) is 47.0 Å². The van der Waals surface area contributed by atoms with Crippen LogP contribution < -0.4 is 10.2 Å². The van der Waals surface area contributed by atoms with E-state index in [-0.39, 0.29) is 5.91 Å². The number of nitrogens with one attached hydrogen (secondary N) is 1. The third-order valence-electron chi connectivity index (χ3n) is 4.74. The smallest absolute Gasteiger partial charge is 0.217 e. The SMILES string of the molecule is CCc1cc(N2CCN(Cc3ccc(CNC(C)=O)cc3)CC2)ncn1. The summed E-state index contributed by atoms with van der Waals surface area (Å²) in [6, 6.07) is 10.6. The van der Waals surface area contributed by atoms with Crippen LogP contribution in [0.1, 0.15) is 30.7 Å². The summed E-state index contributed by atoms with van der Waals surface area (Å²) in [5, 5.41) is 2.83. The molecule has 1 N–H and O–H groups in total. The predicted octanol–water partition coefficient (Wildman–Crippen LogP) is 2.00. The Labute approximate surface area is 155 Å². The van der Waals surface area contributed by atoms with Crippen LogP contribution in [0.15, 0.2) is 36.7 Å². The summed E-state index contributed by atoms with van der Waals surface area (Å²) in [4.78, 5) is 24.5. The maximum Gasteiger partial charge on any atom is 0.217 e. The summed E-state index contributed by atoms with van der Waals surface area (Å²) in [6.07, 6.45) is 2.61. The number of nitrogens with zero attached hydrogens (tertiary/aromatic N) is 4. The lowest BCUT2D eigenvalue weighted by Gasteiger charge is -2.35. The van der Waals surface area contributed by atoms with E-state index in [9.17, 15) is 4.79 Å². The fourth-order valence-corrected chi connectivity index (χ4v) is 3.13. The van der Waals surface area contributed by atoms with E-state index in [0.29, 0.717) is 6.54 Å². The van der Waals surface area contributed by atoms with Crippen molar-refractivity contribution in [3.63, 3.8) is 0 Å². The molecular formula is C20H27N5O. The van der Waals surface area contributed by atoms with E-state index in [1.54, 1.807) is 13.3 Å². The first-order valence-electron chi connectivity index (χ1n) is 9.24. The maximum atomic E-state index is 11.0. The molecule has 6 heteroatoms. The van der Waals surface area contributed by atoms with Crippen LogP contribution in [0.5, 0.6) is 0 Å². The van der Waals surface area contributed by atoms with E-state index in [1.165, 1.54) is 5.56 Å². The first kappa shape index (κ1) is 18.3. The van der Waals surface area contributed by atoms with Crippen LogP contribution in [-0.2, 0) is 24.3 Å². The normalized spacial score (nSPS) is 15.1. The molecule has 1 amide bonds. The van der Waals surface area contributed by atoms with Crippen LogP contribution >= 0.6 is 0 Å². The molecule has 0 atom stereocenters. The molecule has 1 aliphatic rings. The van der Waals surface area contributed by atoms with E-state index in [1.807, 2.05) is 0 Å². The van der Waals surface area contributed by atoms with Crippen LogP contribution in [0.4, 0.5) is 5.82 Å². The number of carbonyl (C=O) groups is 1. The van der Waals surface area contributed by atoms with Crippen molar-refractivity contribution in [1.29, 1.82) is 0 Å². The molecule has 2 heterocycles. The Morgan fingerprint density at radius 2 is 1.77 bits per heavy atom. The highest BCUT2D eigenvalue weighted by atomic mass is 16.1. The van der Waals surface area contributed by atoms with E-state index in [2.05, 4.69) is 62.3 Å². The molecule has 1 aliphatic heterocycles. The number of amides is 1. The monoisotopic (exact) mass is 353 g/mol. The van der Waals surface area contributed by atoms with Gasteiger partial charge in [-0.3, -0.25) is 9.69 Å². The van der Waals surface area contributed by atoms with Gasteiger partial charge in [0.1, 0.15) is 12.1 Å². The third-order valence-corrected chi connectivity index (χ3v) is 4.74. The zero-order chi connectivity index (χ0) is 18.4. The standard InChI is InChI=1S/C20H27N5O/c1-3-19-12-20(23-15-22-19)25-10-8-24(9-11-25)14-18-6-4-17(5-7-18)13-21-16(2)26/h4-7,12,15H,3,8-11,13-14H2,1-2H3,(H,21,26). The number of hydrogen-bond acceptors (Lipinski definition) is 5. The van der Waals surface area contributed by atoms with Gasteiger partial charge in [0.15, 0.2) is 0 Å². The molecule has 6 nitrogen and oxygen atoms in total. The Morgan fingerprint density at radius 1 is 1.08 bits per heavy atom. The van der Waals surface area contributed by atoms with Crippen molar-refractivity contribution in [2.45, 2.75) is 33.4 Å². The van der Waals surface area contributed by atoms with Crippen LogP contribution in [0.2, 0.25) is 0 Å². The number of aromatic nitrogens is 2. The summed E-state index contributed by atoms with van der Waals surface area (Å²) in [5.41, 5.74) is 3.53. The van der Waals surface area contributed by atoms with E-state index in [0.717, 1.165) is 56.2 Å². The van der Waals surface area contributed by atoms with Gasteiger partial charge in [-0.2, -0.15) is 0 Å². The molecule has 0 spiro atoms. The highest BCUT2D eigenvalue weighted by molar-refractivity contribution is 5.72. The topological polar surface area (TPSA) is 61.4 Å². The minimum absolute atomic E-state index is 0.00157. The average molecular weight is 353 g/mol. The number of aryl methyl sites for hydroxylation is 1. The maximum absolute atomic E-state index is 11.0. The summed E-state index contributed by atoms with van der Waals surface area (Å²) in [7, 11) is 0. The second-order valence-corrected chi connectivity index (χ2v) is 6.71. The Bertz CT molecular complexity index is 723. The Morgan fingerprint density at radius 3 is 2.42 bits per heavy atom. The highest BCUT2D eigenvalue weighted by Gasteiger charge is 2.18. The second-order valence-electron chi connectivity index (χ2n) is 6.71. The van der Waals surface area contributed by atoms with Gasteiger partial charge in [-0.25, -0.2) is 9.97 Å². The van der Waals surface area contributed by atoms with E-state index < -0.39 is 0 Å². The number of piperazine rings is 1. The number of carbonyl (C=O) groups excluding carboxylic acids is 1. The molecule has 26 heavy (non-hydrogen) atoms. The number of anilines is 1. The highest BCUT2D eigenvalue weighted by Crippen LogP contribution is 2.16. The van der Waals surface area contributed by atoms with Crippen LogP contribution in [0, 0.1) is 0 Å². The predicted molar refractivity (Wildman–Crippen MR) is 103 cm³/mol. The van der Waals surface area contributed by atoms with Crippen LogP contribution in [0.25, 0.3) is 0 Å². The Kier molecular flexibility index (Phi) is 6.17. The van der Waals surface area contributed by atoms with Gasteiger partial charge in [0.2, 0.25) is 5.91 Å². The van der Waals surface area contributed by atoms with Gasteiger partial charge in [-0.05, 0) is 17.5 Å². The Hall–Kier alpha value is -2.47. The van der Waals surface area contributed by atoms with Gasteiger partial charge >= 0.3 is 0 Å². The zero-order valence-electron chi connectivity index (χ0n) is 15.6. The fourth-order valence-electron chi connectivity index (χ4n) is 3.13. The molecule has 1 saturated heterocycles. The van der Waals surface area contributed by atoms with Crippen molar-refractivity contribution in [1.82, 2.24) is 20.2 Å². The van der Waals surface area contributed by atoms with Gasteiger partial charge in [0.05, 0.1) is 0 Å². The Balaban J connectivity index is 1.50. The molecule has 0 bridgehead atoms. The van der Waals surface area contributed by atoms with Crippen molar-refractivity contribution in [2.75, 3.05) is 31.1 Å². The summed E-state index contributed by atoms with van der Waals surface area (Å²) < 4.78 is 0. The number of rotatable bonds is 6. The first-order chi connectivity index (χ1) is 12.6. The summed E-state index contributed by atoms with van der Waals surface area (Å²) in [6.45, 7) is 9.23. The molecule has 1 aromatic carbocycles. The van der Waals surface area contributed by atoms with Crippen LogP contribution in [0.3, 0.4) is 0 Å². The summed E-state index contributed by atoms with van der Waals surface area (Å²) in [5.74, 6) is 1.04. The average Bonchev–Trinajstić information content (AvgIpc) is 2.68. The second kappa shape index (κ2) is 8.76. The van der Waals surface area contributed by atoms with Crippen molar-refractivity contribution in [3.8, 4) is 0 Å². The minimum Gasteiger partial charge on any atom is -0.354 e. The molecule has 1 aromatic heterocycles. The third kappa shape index (κ3) is 5.02. The van der Waals surface area contributed by atoms with Crippen molar-refractivity contribution < 1.29 is 4.79 Å². The van der Waals surface area contributed by atoms with Crippen molar-refractivity contribution >= 4 is 11.7 Å². The van der Waals surface area contributed by atoms with E-state index in [4.69, 9.17) is 0 Å². The fraction of sp³-hybridized carbons (Fsp3) is 0.450. The quantitative estimate of drug-likeness (QED) is 0.861. The lowest BCUT2D eigenvalue weighted by molar-refractivity contribution is -0.119. The number of hydrogen-bond donors (Lipinski definition) is 1. The first-order valence-corrected chi connectivity index (χ1v) is 9.24. The van der Waals surface area contributed by atoms with Crippen molar-refractivity contribution in [2.24, 2.45) is 0 Å².